The molecule has 2 aromatic rings. The average molecular weight is 268 g/mol. The zero-order valence-electron chi connectivity index (χ0n) is 11.9. The van der Waals surface area contributed by atoms with Crippen molar-refractivity contribution in [2.45, 2.75) is 39.0 Å². The zero-order chi connectivity index (χ0) is 13.8. The lowest BCUT2D eigenvalue weighted by Gasteiger charge is -2.17. The van der Waals surface area contributed by atoms with E-state index in [0.717, 1.165) is 11.7 Å². The fraction of sp³-hybridized carbons (Fsp3) is 0.438. The van der Waals surface area contributed by atoms with E-state index in [1.54, 1.807) is 12.7 Å². The van der Waals surface area contributed by atoms with E-state index in [0.29, 0.717) is 0 Å². The molecular weight excluding hydrogens is 248 g/mol. The molecule has 0 spiro atoms. The molecule has 0 N–H and O–H groups in total. The average Bonchev–Trinajstić information content (AvgIpc) is 3.01. The van der Waals surface area contributed by atoms with Crippen LogP contribution in [-0.2, 0) is 0 Å². The summed E-state index contributed by atoms with van der Waals surface area (Å²) in [4.78, 5) is 4.48. The minimum atomic E-state index is 0.751. The van der Waals surface area contributed by atoms with Crippen molar-refractivity contribution in [1.29, 1.82) is 0 Å². The first-order valence-electron chi connectivity index (χ1n) is 7.33. The fourth-order valence-corrected chi connectivity index (χ4v) is 2.75. The highest BCUT2D eigenvalue weighted by molar-refractivity contribution is 5.54. The molecule has 4 heteroatoms. The highest BCUT2D eigenvalue weighted by atomic mass is 15.2. The molecule has 20 heavy (non-hydrogen) atoms. The van der Waals surface area contributed by atoms with Crippen LogP contribution >= 0.6 is 0 Å². The van der Waals surface area contributed by atoms with Gasteiger partial charge in [0, 0.05) is 6.20 Å². The third-order valence-corrected chi connectivity index (χ3v) is 4.02. The van der Waals surface area contributed by atoms with Gasteiger partial charge in [-0.3, -0.25) is 4.57 Å². The van der Waals surface area contributed by atoms with Gasteiger partial charge in [0.25, 0.3) is 0 Å². The molecule has 0 atom stereocenters. The van der Waals surface area contributed by atoms with Gasteiger partial charge in [-0.2, -0.15) is 0 Å². The van der Waals surface area contributed by atoms with Crippen molar-refractivity contribution in [3.63, 3.8) is 0 Å². The van der Waals surface area contributed by atoms with E-state index in [9.17, 15) is 0 Å². The van der Waals surface area contributed by atoms with Crippen molar-refractivity contribution >= 4 is 6.08 Å². The molecule has 0 unspecified atom stereocenters. The van der Waals surface area contributed by atoms with Gasteiger partial charge in [-0.15, -0.1) is 10.2 Å². The summed E-state index contributed by atoms with van der Waals surface area (Å²) in [6.45, 7) is 2.12. The van der Waals surface area contributed by atoms with Gasteiger partial charge in [-0.1, -0.05) is 31.4 Å². The van der Waals surface area contributed by atoms with Gasteiger partial charge in [0.2, 0.25) is 0 Å². The molecule has 1 aliphatic rings. The first-order chi connectivity index (χ1) is 9.83. The summed E-state index contributed by atoms with van der Waals surface area (Å²) in [7, 11) is 0. The highest BCUT2D eigenvalue weighted by Crippen LogP contribution is 2.25. The molecule has 0 aromatic carbocycles. The number of nitrogens with zero attached hydrogens (tertiary/aromatic N) is 4. The summed E-state index contributed by atoms with van der Waals surface area (Å²) in [5, 5.41) is 7.61. The zero-order valence-corrected chi connectivity index (χ0v) is 11.9. The second kappa shape index (κ2) is 5.99. The van der Waals surface area contributed by atoms with Gasteiger partial charge in [0.1, 0.15) is 18.5 Å². The Morgan fingerprint density at radius 2 is 1.90 bits per heavy atom. The molecule has 3 rings (SSSR count). The molecule has 1 fully saturated rings. The molecule has 4 nitrogen and oxygen atoms in total. The predicted molar refractivity (Wildman–Crippen MR) is 79.5 cm³/mol. The molecule has 104 valence electrons. The second-order valence-corrected chi connectivity index (χ2v) is 5.53. The summed E-state index contributed by atoms with van der Waals surface area (Å²) in [5.41, 5.74) is 2.43. The van der Waals surface area contributed by atoms with Crippen LogP contribution in [-0.4, -0.2) is 19.7 Å². The summed E-state index contributed by atoms with van der Waals surface area (Å²) in [5.74, 6) is 1.61. The highest BCUT2D eigenvalue weighted by Gasteiger charge is 2.10. The van der Waals surface area contributed by atoms with Crippen molar-refractivity contribution in [2.24, 2.45) is 5.92 Å². The van der Waals surface area contributed by atoms with E-state index < -0.39 is 0 Å². The normalized spacial score (nSPS) is 16.9. The monoisotopic (exact) mass is 268 g/mol. The quantitative estimate of drug-likeness (QED) is 0.854. The van der Waals surface area contributed by atoms with Crippen molar-refractivity contribution < 1.29 is 0 Å². The maximum atomic E-state index is 4.48. The lowest BCUT2D eigenvalue weighted by molar-refractivity contribution is 0.420. The number of allylic oxidation sites excluding steroid dienone is 1. The molecule has 0 radical (unpaired) electrons. The Hall–Kier alpha value is -1.97. The maximum absolute atomic E-state index is 4.48. The Morgan fingerprint density at radius 1 is 1.15 bits per heavy atom. The van der Waals surface area contributed by atoms with Gasteiger partial charge < -0.3 is 0 Å². The van der Waals surface area contributed by atoms with Crippen LogP contribution in [0.1, 0.15) is 43.2 Å². The van der Waals surface area contributed by atoms with Crippen LogP contribution in [0.4, 0.5) is 0 Å². The maximum Gasteiger partial charge on any atom is 0.139 e. The molecule has 2 heterocycles. The van der Waals surface area contributed by atoms with Crippen molar-refractivity contribution in [1.82, 2.24) is 19.7 Å². The standard InChI is InChI=1S/C16H20N4/c1-13-9-16(20-11-18-19-12-20)17-10-15(13)8-7-14-5-3-2-4-6-14/h7-12,14H,2-6H2,1H3. The van der Waals surface area contributed by atoms with Gasteiger partial charge in [0.15, 0.2) is 0 Å². The molecule has 0 bridgehead atoms. The number of hydrogen-bond acceptors (Lipinski definition) is 3. The number of pyridine rings is 1. The first kappa shape index (κ1) is 13.0. The number of rotatable bonds is 3. The number of aromatic nitrogens is 4. The minimum Gasteiger partial charge on any atom is -0.272 e. The van der Waals surface area contributed by atoms with Crippen molar-refractivity contribution in [3.05, 3.63) is 42.1 Å². The van der Waals surface area contributed by atoms with E-state index in [1.165, 1.54) is 43.2 Å². The number of hydrogen-bond donors (Lipinski definition) is 0. The smallest absolute Gasteiger partial charge is 0.139 e. The molecule has 0 amide bonds. The van der Waals surface area contributed by atoms with Crippen molar-refractivity contribution in [3.8, 4) is 5.82 Å². The van der Waals surface area contributed by atoms with Crippen LogP contribution in [0.3, 0.4) is 0 Å². The summed E-state index contributed by atoms with van der Waals surface area (Å²) >= 11 is 0. The molecule has 2 aromatic heterocycles. The first-order valence-corrected chi connectivity index (χ1v) is 7.33. The van der Waals surface area contributed by atoms with Crippen LogP contribution < -0.4 is 0 Å². The Kier molecular flexibility index (Phi) is 3.90. The van der Waals surface area contributed by atoms with E-state index in [4.69, 9.17) is 0 Å². The molecule has 1 saturated carbocycles. The lowest BCUT2D eigenvalue weighted by atomic mass is 9.88. The van der Waals surface area contributed by atoms with E-state index >= 15 is 0 Å². The second-order valence-electron chi connectivity index (χ2n) is 5.53. The van der Waals surface area contributed by atoms with Gasteiger partial charge in [-0.05, 0) is 42.9 Å². The SMILES string of the molecule is Cc1cc(-n2cnnc2)ncc1C=CC1CCCCC1. The third kappa shape index (κ3) is 2.95. The Bertz CT molecular complexity index is 581. The van der Waals surface area contributed by atoms with E-state index in [-0.39, 0.29) is 0 Å². The van der Waals surface area contributed by atoms with E-state index in [1.807, 2.05) is 10.8 Å². The van der Waals surface area contributed by atoms with Crippen LogP contribution in [0, 0.1) is 12.8 Å². The van der Waals surface area contributed by atoms with Crippen LogP contribution in [0.15, 0.2) is 31.0 Å². The van der Waals surface area contributed by atoms with Crippen LogP contribution in [0.2, 0.25) is 0 Å². The van der Waals surface area contributed by atoms with Gasteiger partial charge >= 0.3 is 0 Å². The predicted octanol–water partition coefficient (Wildman–Crippen LogP) is 3.56. The third-order valence-electron chi connectivity index (χ3n) is 4.02. The molecule has 0 saturated heterocycles. The largest absolute Gasteiger partial charge is 0.272 e. The number of aryl methyl sites for hydroxylation is 1. The fourth-order valence-electron chi connectivity index (χ4n) is 2.75. The van der Waals surface area contributed by atoms with Crippen LogP contribution in [0.25, 0.3) is 11.9 Å². The lowest BCUT2D eigenvalue weighted by Crippen LogP contribution is -2.02. The van der Waals surface area contributed by atoms with Gasteiger partial charge in [0.05, 0.1) is 0 Å². The summed E-state index contributed by atoms with van der Waals surface area (Å²) < 4.78 is 1.82. The van der Waals surface area contributed by atoms with Gasteiger partial charge in [-0.25, -0.2) is 4.98 Å². The summed E-state index contributed by atoms with van der Waals surface area (Å²) in [6.07, 6.45) is 16.7. The molecule has 1 aliphatic carbocycles. The summed E-state index contributed by atoms with van der Waals surface area (Å²) in [6, 6.07) is 2.07. The Labute approximate surface area is 119 Å². The van der Waals surface area contributed by atoms with E-state index in [2.05, 4.69) is 40.3 Å². The Balaban J connectivity index is 1.75. The van der Waals surface area contributed by atoms with Crippen LogP contribution in [0.5, 0.6) is 0 Å². The minimum absolute atomic E-state index is 0.751. The molecular formula is C16H20N4. The molecule has 0 aliphatic heterocycles. The topological polar surface area (TPSA) is 43.6 Å². The Morgan fingerprint density at radius 3 is 2.60 bits per heavy atom. The van der Waals surface area contributed by atoms with Crippen molar-refractivity contribution in [2.75, 3.05) is 0 Å².